The Bertz CT molecular complexity index is 291. The fraction of sp³-hybridized carbons (Fsp3) is 0.333. The van der Waals surface area contributed by atoms with Crippen LogP contribution in [0, 0.1) is 0 Å². The van der Waals surface area contributed by atoms with Crippen molar-refractivity contribution in [2.75, 3.05) is 6.26 Å². The summed E-state index contributed by atoms with van der Waals surface area (Å²) in [6, 6.07) is 5.79. The van der Waals surface area contributed by atoms with E-state index in [0.717, 1.165) is 5.56 Å². The van der Waals surface area contributed by atoms with Crippen LogP contribution >= 0.6 is 35.1 Å². The molecule has 1 rings (SSSR count). The van der Waals surface area contributed by atoms with Crippen LogP contribution in [0.15, 0.2) is 18.2 Å². The summed E-state index contributed by atoms with van der Waals surface area (Å²) in [4.78, 5) is 0. The molecule has 1 aromatic carbocycles. The SMILES string of the molecule is CSNC(C)c1ccc(Cl)cc1Cl. The van der Waals surface area contributed by atoms with Gasteiger partial charge in [-0.05, 0) is 30.9 Å². The lowest BCUT2D eigenvalue weighted by Gasteiger charge is -2.13. The number of halogens is 2. The Morgan fingerprint density at radius 2 is 2.08 bits per heavy atom. The predicted molar refractivity (Wildman–Crippen MR) is 61.5 cm³/mol. The summed E-state index contributed by atoms with van der Waals surface area (Å²) in [5.41, 5.74) is 1.07. The van der Waals surface area contributed by atoms with Crippen molar-refractivity contribution in [3.05, 3.63) is 33.8 Å². The first-order valence-electron chi connectivity index (χ1n) is 3.88. The summed E-state index contributed by atoms with van der Waals surface area (Å²) < 4.78 is 3.21. The van der Waals surface area contributed by atoms with Gasteiger partial charge in [-0.3, -0.25) is 4.72 Å². The smallest absolute Gasteiger partial charge is 0.0468 e. The fourth-order valence-electron chi connectivity index (χ4n) is 1.09. The van der Waals surface area contributed by atoms with Gasteiger partial charge in [0.2, 0.25) is 0 Å². The first-order valence-corrected chi connectivity index (χ1v) is 5.86. The quantitative estimate of drug-likeness (QED) is 0.798. The lowest BCUT2D eigenvalue weighted by atomic mass is 10.1. The second-order valence-electron chi connectivity index (χ2n) is 2.71. The molecule has 13 heavy (non-hydrogen) atoms. The third-order valence-electron chi connectivity index (χ3n) is 1.72. The van der Waals surface area contributed by atoms with Crippen molar-refractivity contribution in [3.8, 4) is 0 Å². The molecule has 0 fully saturated rings. The lowest BCUT2D eigenvalue weighted by Crippen LogP contribution is -2.09. The molecule has 0 spiro atoms. The monoisotopic (exact) mass is 235 g/mol. The van der Waals surface area contributed by atoms with Gasteiger partial charge in [0.15, 0.2) is 0 Å². The van der Waals surface area contributed by atoms with E-state index >= 15 is 0 Å². The summed E-state index contributed by atoms with van der Waals surface area (Å²) >= 11 is 13.4. The van der Waals surface area contributed by atoms with Crippen LogP contribution in [0.3, 0.4) is 0 Å². The van der Waals surface area contributed by atoms with E-state index in [2.05, 4.69) is 11.6 Å². The maximum atomic E-state index is 6.03. The Labute approximate surface area is 92.9 Å². The molecule has 0 aliphatic rings. The molecule has 0 bridgehead atoms. The minimum absolute atomic E-state index is 0.236. The number of hydrogen-bond acceptors (Lipinski definition) is 2. The molecule has 0 aliphatic heterocycles. The molecular formula is C9H11Cl2NS. The number of hydrogen-bond donors (Lipinski definition) is 1. The molecule has 0 radical (unpaired) electrons. The summed E-state index contributed by atoms with van der Waals surface area (Å²) in [6.07, 6.45) is 1.99. The standard InChI is InChI=1S/C9H11Cl2NS/c1-6(12-13-2)8-4-3-7(10)5-9(8)11/h3-6,12H,1-2H3. The summed E-state index contributed by atoms with van der Waals surface area (Å²) in [7, 11) is 0. The van der Waals surface area contributed by atoms with E-state index in [9.17, 15) is 0 Å². The van der Waals surface area contributed by atoms with E-state index in [0.29, 0.717) is 10.0 Å². The van der Waals surface area contributed by atoms with Gasteiger partial charge in [0.25, 0.3) is 0 Å². The van der Waals surface area contributed by atoms with E-state index in [4.69, 9.17) is 23.2 Å². The van der Waals surface area contributed by atoms with Gasteiger partial charge in [0.1, 0.15) is 0 Å². The van der Waals surface area contributed by atoms with Crippen molar-refractivity contribution >= 4 is 35.1 Å². The Balaban J connectivity index is 2.88. The van der Waals surface area contributed by atoms with Gasteiger partial charge in [-0.1, -0.05) is 41.2 Å². The Morgan fingerprint density at radius 1 is 1.38 bits per heavy atom. The molecule has 0 aromatic heterocycles. The van der Waals surface area contributed by atoms with Crippen LogP contribution in [0.25, 0.3) is 0 Å². The van der Waals surface area contributed by atoms with Crippen molar-refractivity contribution in [2.45, 2.75) is 13.0 Å². The van der Waals surface area contributed by atoms with Crippen molar-refractivity contribution in [2.24, 2.45) is 0 Å². The second kappa shape index (κ2) is 5.11. The first kappa shape index (κ1) is 11.2. The van der Waals surface area contributed by atoms with Crippen molar-refractivity contribution in [1.82, 2.24) is 4.72 Å². The van der Waals surface area contributed by atoms with Crippen LogP contribution in [0.4, 0.5) is 0 Å². The molecule has 1 atom stereocenters. The van der Waals surface area contributed by atoms with Gasteiger partial charge in [0.05, 0.1) is 0 Å². The highest BCUT2D eigenvalue weighted by atomic mass is 35.5. The molecule has 0 saturated carbocycles. The van der Waals surface area contributed by atoms with Gasteiger partial charge in [-0.15, -0.1) is 0 Å². The second-order valence-corrected chi connectivity index (χ2v) is 4.20. The average Bonchev–Trinajstić information content (AvgIpc) is 2.04. The molecule has 4 heteroatoms. The predicted octanol–water partition coefficient (Wildman–Crippen LogP) is 3.92. The Kier molecular flexibility index (Phi) is 4.39. The topological polar surface area (TPSA) is 12.0 Å². The molecule has 0 aliphatic carbocycles. The van der Waals surface area contributed by atoms with E-state index in [1.807, 2.05) is 18.4 Å². The Hall–Kier alpha value is 0.110. The van der Waals surface area contributed by atoms with Crippen LogP contribution < -0.4 is 4.72 Å². The molecule has 1 N–H and O–H groups in total. The molecule has 0 amide bonds. The third-order valence-corrected chi connectivity index (χ3v) is 2.88. The van der Waals surface area contributed by atoms with Gasteiger partial charge < -0.3 is 0 Å². The van der Waals surface area contributed by atoms with Gasteiger partial charge >= 0.3 is 0 Å². The number of benzene rings is 1. The maximum Gasteiger partial charge on any atom is 0.0468 e. The zero-order valence-electron chi connectivity index (χ0n) is 7.47. The maximum absolute atomic E-state index is 6.03. The summed E-state index contributed by atoms with van der Waals surface area (Å²) in [5, 5.41) is 1.38. The number of rotatable bonds is 3. The largest absolute Gasteiger partial charge is 0.257 e. The molecule has 0 saturated heterocycles. The van der Waals surface area contributed by atoms with E-state index in [-0.39, 0.29) is 6.04 Å². The number of nitrogens with one attached hydrogen (secondary N) is 1. The van der Waals surface area contributed by atoms with Crippen LogP contribution in [0.2, 0.25) is 10.0 Å². The summed E-state index contributed by atoms with van der Waals surface area (Å²) in [6.45, 7) is 2.06. The molecule has 1 nitrogen and oxygen atoms in total. The minimum Gasteiger partial charge on any atom is -0.257 e. The van der Waals surface area contributed by atoms with E-state index in [1.165, 1.54) is 0 Å². The molecule has 1 unspecified atom stereocenters. The normalized spacial score (nSPS) is 12.9. The minimum atomic E-state index is 0.236. The lowest BCUT2D eigenvalue weighted by molar-refractivity contribution is 0.756. The zero-order chi connectivity index (χ0) is 9.84. The van der Waals surface area contributed by atoms with Gasteiger partial charge in [0, 0.05) is 16.1 Å². The van der Waals surface area contributed by atoms with Crippen LogP contribution in [-0.2, 0) is 0 Å². The highest BCUT2D eigenvalue weighted by Gasteiger charge is 2.08. The summed E-state index contributed by atoms with van der Waals surface area (Å²) in [5.74, 6) is 0. The van der Waals surface area contributed by atoms with Crippen LogP contribution in [-0.4, -0.2) is 6.26 Å². The van der Waals surface area contributed by atoms with Crippen LogP contribution in [0.1, 0.15) is 18.5 Å². The van der Waals surface area contributed by atoms with E-state index < -0.39 is 0 Å². The van der Waals surface area contributed by atoms with Gasteiger partial charge in [-0.25, -0.2) is 0 Å². The molecule has 72 valence electrons. The highest BCUT2D eigenvalue weighted by Crippen LogP contribution is 2.26. The fourth-order valence-corrected chi connectivity index (χ4v) is 2.15. The van der Waals surface area contributed by atoms with E-state index in [1.54, 1.807) is 18.0 Å². The third kappa shape index (κ3) is 3.06. The highest BCUT2D eigenvalue weighted by molar-refractivity contribution is 7.96. The molecular weight excluding hydrogens is 225 g/mol. The molecule has 0 heterocycles. The first-order chi connectivity index (χ1) is 6.15. The van der Waals surface area contributed by atoms with Gasteiger partial charge in [-0.2, -0.15) is 0 Å². The van der Waals surface area contributed by atoms with Crippen molar-refractivity contribution in [3.63, 3.8) is 0 Å². The van der Waals surface area contributed by atoms with Crippen LogP contribution in [0.5, 0.6) is 0 Å². The zero-order valence-corrected chi connectivity index (χ0v) is 9.80. The van der Waals surface area contributed by atoms with Crippen molar-refractivity contribution in [1.29, 1.82) is 0 Å². The average molecular weight is 236 g/mol. The molecule has 1 aromatic rings. The van der Waals surface area contributed by atoms with Crippen molar-refractivity contribution < 1.29 is 0 Å². The Morgan fingerprint density at radius 3 is 2.62 bits per heavy atom.